The van der Waals surface area contributed by atoms with Gasteiger partial charge in [-0.15, -0.1) is 0 Å². The van der Waals surface area contributed by atoms with Crippen molar-refractivity contribution in [1.29, 1.82) is 0 Å². The predicted molar refractivity (Wildman–Crippen MR) is 76.7 cm³/mol. The Labute approximate surface area is 120 Å². The molecule has 0 aromatic rings. The zero-order valence-corrected chi connectivity index (χ0v) is 12.7. The van der Waals surface area contributed by atoms with Gasteiger partial charge in [0, 0.05) is 12.6 Å². The summed E-state index contributed by atoms with van der Waals surface area (Å²) in [6, 6.07) is -0.00741. The molecule has 8 heteroatoms. The third-order valence-electron chi connectivity index (χ3n) is 4.43. The fourth-order valence-electron chi connectivity index (χ4n) is 3.22. The molecular formula is C12H24N4O3S. The van der Waals surface area contributed by atoms with E-state index in [0.717, 1.165) is 32.1 Å². The summed E-state index contributed by atoms with van der Waals surface area (Å²) in [6.07, 6.45) is 5.69. The number of nitrogens with two attached hydrogens (primary N) is 1. The van der Waals surface area contributed by atoms with Gasteiger partial charge in [-0.3, -0.25) is 0 Å². The van der Waals surface area contributed by atoms with E-state index in [0.29, 0.717) is 19.4 Å². The molecule has 116 valence electrons. The van der Waals surface area contributed by atoms with Crippen molar-refractivity contribution in [3.8, 4) is 0 Å². The van der Waals surface area contributed by atoms with Gasteiger partial charge in [0.1, 0.15) is 0 Å². The van der Waals surface area contributed by atoms with Gasteiger partial charge in [0.25, 0.3) is 10.2 Å². The standard InChI is InChI=1S/C12H24N4O3S/c1-10-6-2-5-9-16(10)20(18,19)15-12(11(13)14-17)7-3-4-8-12/h10,15,17H,2-9H2,1H3,(H2,13,14). The average Bonchev–Trinajstić information content (AvgIpc) is 2.87. The van der Waals surface area contributed by atoms with Crippen LogP contribution in [-0.2, 0) is 10.2 Å². The number of nitrogens with one attached hydrogen (secondary N) is 1. The number of oxime groups is 1. The molecule has 1 saturated heterocycles. The monoisotopic (exact) mass is 304 g/mol. The fraction of sp³-hybridized carbons (Fsp3) is 0.917. The molecule has 0 amide bonds. The van der Waals surface area contributed by atoms with Crippen LogP contribution < -0.4 is 10.5 Å². The normalized spacial score (nSPS) is 28.6. The molecule has 2 fully saturated rings. The molecule has 1 aliphatic carbocycles. The Bertz CT molecular complexity index is 471. The zero-order valence-electron chi connectivity index (χ0n) is 11.9. The van der Waals surface area contributed by atoms with Crippen molar-refractivity contribution in [2.24, 2.45) is 10.9 Å². The first kappa shape index (κ1) is 15.5. The summed E-state index contributed by atoms with van der Waals surface area (Å²) in [4.78, 5) is 0. The Hall–Kier alpha value is -0.860. The highest BCUT2D eigenvalue weighted by Gasteiger charge is 2.44. The molecule has 7 nitrogen and oxygen atoms in total. The van der Waals surface area contributed by atoms with Crippen LogP contribution in [-0.4, -0.2) is 41.9 Å². The van der Waals surface area contributed by atoms with E-state index in [1.54, 1.807) is 0 Å². The summed E-state index contributed by atoms with van der Waals surface area (Å²) in [5.41, 5.74) is 4.81. The van der Waals surface area contributed by atoms with Crippen LogP contribution in [0, 0.1) is 0 Å². The molecular weight excluding hydrogens is 280 g/mol. The van der Waals surface area contributed by atoms with Crippen molar-refractivity contribution in [2.75, 3.05) is 6.54 Å². The minimum absolute atomic E-state index is 0.00741. The zero-order chi connectivity index (χ0) is 14.8. The van der Waals surface area contributed by atoms with Crippen LogP contribution in [0.25, 0.3) is 0 Å². The Morgan fingerprint density at radius 1 is 1.35 bits per heavy atom. The first-order chi connectivity index (χ1) is 9.41. The second kappa shape index (κ2) is 5.87. The van der Waals surface area contributed by atoms with E-state index in [1.165, 1.54) is 4.31 Å². The second-order valence-corrected chi connectivity index (χ2v) is 7.46. The summed E-state index contributed by atoms with van der Waals surface area (Å²) >= 11 is 0. The van der Waals surface area contributed by atoms with Crippen molar-refractivity contribution in [1.82, 2.24) is 9.03 Å². The molecule has 1 atom stereocenters. The van der Waals surface area contributed by atoms with Crippen LogP contribution in [0.4, 0.5) is 0 Å². The van der Waals surface area contributed by atoms with Gasteiger partial charge in [0.15, 0.2) is 5.84 Å². The molecule has 0 aromatic heterocycles. The summed E-state index contributed by atoms with van der Waals surface area (Å²) < 4.78 is 29.4. The minimum atomic E-state index is -3.62. The Balaban J connectivity index is 2.21. The molecule has 1 heterocycles. The largest absolute Gasteiger partial charge is 0.409 e. The SMILES string of the molecule is CC1CCCCN1S(=O)(=O)NC1(/C(N)=N/O)CCCC1. The average molecular weight is 304 g/mol. The van der Waals surface area contributed by atoms with Crippen molar-refractivity contribution in [2.45, 2.75) is 63.5 Å². The molecule has 4 N–H and O–H groups in total. The predicted octanol–water partition coefficient (Wildman–Crippen LogP) is 0.754. The minimum Gasteiger partial charge on any atom is -0.409 e. The van der Waals surface area contributed by atoms with Gasteiger partial charge >= 0.3 is 0 Å². The third-order valence-corrected chi connectivity index (χ3v) is 6.24. The lowest BCUT2D eigenvalue weighted by Crippen LogP contribution is -2.60. The van der Waals surface area contributed by atoms with E-state index in [1.807, 2.05) is 6.92 Å². The highest BCUT2D eigenvalue weighted by atomic mass is 32.2. The van der Waals surface area contributed by atoms with Gasteiger partial charge in [-0.2, -0.15) is 17.4 Å². The van der Waals surface area contributed by atoms with E-state index in [4.69, 9.17) is 10.9 Å². The van der Waals surface area contributed by atoms with Gasteiger partial charge in [-0.1, -0.05) is 24.4 Å². The fourth-order valence-corrected chi connectivity index (χ4v) is 5.09. The van der Waals surface area contributed by atoms with E-state index in [2.05, 4.69) is 9.88 Å². The van der Waals surface area contributed by atoms with Crippen molar-refractivity contribution >= 4 is 16.0 Å². The maximum atomic E-state index is 12.6. The Kier molecular flexibility index (Phi) is 4.55. The molecule has 0 radical (unpaired) electrons. The number of piperidine rings is 1. The summed E-state index contributed by atoms with van der Waals surface area (Å²) in [5, 5.41) is 12.0. The summed E-state index contributed by atoms with van der Waals surface area (Å²) in [6.45, 7) is 2.45. The van der Waals surface area contributed by atoms with E-state index < -0.39 is 15.7 Å². The van der Waals surface area contributed by atoms with Gasteiger partial charge in [0.2, 0.25) is 0 Å². The van der Waals surface area contributed by atoms with Gasteiger partial charge in [0.05, 0.1) is 5.54 Å². The number of hydrogen-bond donors (Lipinski definition) is 3. The molecule has 20 heavy (non-hydrogen) atoms. The lowest BCUT2D eigenvalue weighted by molar-refractivity contribution is 0.260. The molecule has 1 aliphatic heterocycles. The molecule has 1 unspecified atom stereocenters. The highest BCUT2D eigenvalue weighted by molar-refractivity contribution is 7.87. The van der Waals surface area contributed by atoms with Gasteiger partial charge < -0.3 is 10.9 Å². The van der Waals surface area contributed by atoms with Gasteiger partial charge in [-0.05, 0) is 32.6 Å². The summed E-state index contributed by atoms with van der Waals surface area (Å²) in [5.74, 6) is -0.0387. The van der Waals surface area contributed by atoms with Crippen LogP contribution in [0.2, 0.25) is 0 Å². The smallest absolute Gasteiger partial charge is 0.280 e. The van der Waals surface area contributed by atoms with Crippen LogP contribution in [0.3, 0.4) is 0 Å². The lowest BCUT2D eigenvalue weighted by atomic mass is 9.98. The van der Waals surface area contributed by atoms with Crippen LogP contribution in [0.5, 0.6) is 0 Å². The quantitative estimate of drug-likeness (QED) is 0.308. The molecule has 0 spiro atoms. The first-order valence-corrected chi connectivity index (χ1v) is 8.64. The molecule has 0 aromatic carbocycles. The molecule has 2 aliphatic rings. The lowest BCUT2D eigenvalue weighted by Gasteiger charge is -2.36. The first-order valence-electron chi connectivity index (χ1n) is 7.20. The van der Waals surface area contributed by atoms with Crippen LogP contribution in [0.1, 0.15) is 51.9 Å². The third kappa shape index (κ3) is 2.91. The Morgan fingerprint density at radius 2 is 2.00 bits per heavy atom. The van der Waals surface area contributed by atoms with E-state index in [-0.39, 0.29) is 11.9 Å². The Morgan fingerprint density at radius 3 is 2.55 bits per heavy atom. The topological polar surface area (TPSA) is 108 Å². The highest BCUT2D eigenvalue weighted by Crippen LogP contribution is 2.32. The summed E-state index contributed by atoms with van der Waals surface area (Å²) in [7, 11) is -3.62. The second-order valence-electron chi connectivity index (χ2n) is 5.84. The molecule has 1 saturated carbocycles. The van der Waals surface area contributed by atoms with Gasteiger partial charge in [-0.25, -0.2) is 0 Å². The number of amidine groups is 1. The molecule has 0 bridgehead atoms. The van der Waals surface area contributed by atoms with E-state index >= 15 is 0 Å². The van der Waals surface area contributed by atoms with Crippen LogP contribution >= 0.6 is 0 Å². The maximum absolute atomic E-state index is 12.6. The van der Waals surface area contributed by atoms with Crippen molar-refractivity contribution < 1.29 is 13.6 Å². The maximum Gasteiger partial charge on any atom is 0.280 e. The number of rotatable bonds is 4. The van der Waals surface area contributed by atoms with Crippen molar-refractivity contribution in [3.63, 3.8) is 0 Å². The van der Waals surface area contributed by atoms with Crippen molar-refractivity contribution in [3.05, 3.63) is 0 Å². The van der Waals surface area contributed by atoms with Crippen LogP contribution in [0.15, 0.2) is 5.16 Å². The molecule has 2 rings (SSSR count). The van der Waals surface area contributed by atoms with E-state index in [9.17, 15) is 8.42 Å². The number of hydrogen-bond acceptors (Lipinski definition) is 4. The number of nitrogens with zero attached hydrogens (tertiary/aromatic N) is 2.